The van der Waals surface area contributed by atoms with E-state index in [1.807, 2.05) is 11.0 Å². The third-order valence-corrected chi connectivity index (χ3v) is 2.84. The largest absolute Gasteiger partial charge is 0.379 e. The van der Waals surface area contributed by atoms with Gasteiger partial charge in [-0.05, 0) is 33.6 Å². The summed E-state index contributed by atoms with van der Waals surface area (Å²) in [7, 11) is 0. The van der Waals surface area contributed by atoms with E-state index in [1.165, 1.54) is 0 Å². The second-order valence-electron chi connectivity index (χ2n) is 5.62. The van der Waals surface area contributed by atoms with E-state index in [0.717, 1.165) is 31.9 Å². The summed E-state index contributed by atoms with van der Waals surface area (Å²) in [5.74, 6) is 0.852. The van der Waals surface area contributed by atoms with Gasteiger partial charge in [0.25, 0.3) is 0 Å². The van der Waals surface area contributed by atoms with Gasteiger partial charge in [0.1, 0.15) is 6.33 Å². The zero-order valence-corrected chi connectivity index (χ0v) is 10.9. The molecule has 2 heterocycles. The number of hydrogen-bond acceptors (Lipinski definition) is 4. The quantitative estimate of drug-likeness (QED) is 0.867. The van der Waals surface area contributed by atoms with Crippen LogP contribution in [0, 0.1) is 0 Å². The Hall–Kier alpha value is -0.940. The van der Waals surface area contributed by atoms with Crippen LogP contribution < -0.4 is 5.32 Å². The molecule has 96 valence electrons. The van der Waals surface area contributed by atoms with Crippen LogP contribution in [0.4, 0.5) is 0 Å². The summed E-state index contributed by atoms with van der Waals surface area (Å²) in [6.45, 7) is 8.76. The Labute approximate surface area is 103 Å². The molecule has 5 heteroatoms. The van der Waals surface area contributed by atoms with Gasteiger partial charge < -0.3 is 10.1 Å². The average Bonchev–Trinajstić information content (AvgIpc) is 2.75. The molecule has 1 saturated heterocycles. The second-order valence-corrected chi connectivity index (χ2v) is 5.62. The van der Waals surface area contributed by atoms with E-state index < -0.39 is 0 Å². The van der Waals surface area contributed by atoms with Gasteiger partial charge in [0.2, 0.25) is 0 Å². The van der Waals surface area contributed by atoms with Gasteiger partial charge in [-0.3, -0.25) is 0 Å². The maximum absolute atomic E-state index is 5.46. The minimum Gasteiger partial charge on any atom is -0.379 e. The van der Waals surface area contributed by atoms with Gasteiger partial charge in [-0.25, -0.2) is 9.67 Å². The van der Waals surface area contributed by atoms with Crippen molar-refractivity contribution in [3.05, 3.63) is 12.2 Å². The lowest BCUT2D eigenvalue weighted by molar-refractivity contribution is 0.0547. The molecule has 1 aromatic heterocycles. The summed E-state index contributed by atoms with van der Waals surface area (Å²) in [5.41, 5.74) is 0.0966. The van der Waals surface area contributed by atoms with E-state index in [1.54, 1.807) is 0 Å². The Morgan fingerprint density at radius 2 is 2.35 bits per heavy atom. The minimum atomic E-state index is 0.0966. The van der Waals surface area contributed by atoms with Gasteiger partial charge in [0.05, 0.1) is 19.2 Å². The average molecular weight is 238 g/mol. The van der Waals surface area contributed by atoms with Crippen molar-refractivity contribution in [1.82, 2.24) is 20.1 Å². The Kier molecular flexibility index (Phi) is 3.79. The lowest BCUT2D eigenvalue weighted by Gasteiger charge is -2.22. The molecule has 0 aromatic carbocycles. The number of ether oxygens (including phenoxy) is 1. The van der Waals surface area contributed by atoms with Crippen molar-refractivity contribution in [2.45, 2.75) is 51.7 Å². The standard InChI is InChI=1S/C12H22N4O/c1-12(2,3)14-7-11-13-9-16(15-11)10-5-4-6-17-8-10/h9-10,14H,4-8H2,1-3H3. The molecule has 0 saturated carbocycles. The lowest BCUT2D eigenvalue weighted by Crippen LogP contribution is -2.35. The Balaban J connectivity index is 1.91. The summed E-state index contributed by atoms with van der Waals surface area (Å²) in [4.78, 5) is 4.33. The molecule has 0 radical (unpaired) electrons. The first kappa shape index (κ1) is 12.5. The molecule has 1 unspecified atom stereocenters. The van der Waals surface area contributed by atoms with Crippen molar-refractivity contribution >= 4 is 0 Å². The van der Waals surface area contributed by atoms with E-state index in [9.17, 15) is 0 Å². The summed E-state index contributed by atoms with van der Waals surface area (Å²) < 4.78 is 7.40. The molecular formula is C12H22N4O. The molecule has 17 heavy (non-hydrogen) atoms. The Morgan fingerprint density at radius 1 is 1.53 bits per heavy atom. The molecule has 5 nitrogen and oxygen atoms in total. The predicted octanol–water partition coefficient (Wildman–Crippen LogP) is 1.52. The van der Waals surface area contributed by atoms with Crippen molar-refractivity contribution < 1.29 is 4.74 Å². The Bertz CT molecular complexity index is 350. The first-order valence-electron chi connectivity index (χ1n) is 6.27. The summed E-state index contributed by atoms with van der Waals surface area (Å²) >= 11 is 0. The van der Waals surface area contributed by atoms with Crippen molar-refractivity contribution in [1.29, 1.82) is 0 Å². The number of rotatable bonds is 3. The minimum absolute atomic E-state index is 0.0966. The molecule has 1 fully saturated rings. The van der Waals surface area contributed by atoms with E-state index in [4.69, 9.17) is 4.74 Å². The zero-order valence-electron chi connectivity index (χ0n) is 10.9. The first-order chi connectivity index (χ1) is 8.04. The van der Waals surface area contributed by atoms with Crippen LogP contribution in [0.1, 0.15) is 45.5 Å². The fourth-order valence-corrected chi connectivity index (χ4v) is 1.84. The molecule has 1 N–H and O–H groups in total. The van der Waals surface area contributed by atoms with Crippen LogP contribution in [0.5, 0.6) is 0 Å². The predicted molar refractivity (Wildman–Crippen MR) is 65.7 cm³/mol. The van der Waals surface area contributed by atoms with E-state index in [0.29, 0.717) is 12.6 Å². The van der Waals surface area contributed by atoms with Crippen LogP contribution in [-0.2, 0) is 11.3 Å². The maximum atomic E-state index is 5.46. The molecular weight excluding hydrogens is 216 g/mol. The third kappa shape index (κ3) is 3.78. The highest BCUT2D eigenvalue weighted by Crippen LogP contribution is 2.17. The molecule has 1 atom stereocenters. The first-order valence-corrected chi connectivity index (χ1v) is 6.27. The van der Waals surface area contributed by atoms with Gasteiger partial charge in [-0.15, -0.1) is 0 Å². The summed E-state index contributed by atoms with van der Waals surface area (Å²) in [5, 5.41) is 7.88. The van der Waals surface area contributed by atoms with Gasteiger partial charge in [-0.2, -0.15) is 5.10 Å². The molecule has 2 rings (SSSR count). The molecule has 1 aliphatic heterocycles. The van der Waals surface area contributed by atoms with E-state index in [-0.39, 0.29) is 5.54 Å². The third-order valence-electron chi connectivity index (χ3n) is 2.84. The van der Waals surface area contributed by atoms with Crippen LogP contribution in [-0.4, -0.2) is 33.5 Å². The van der Waals surface area contributed by atoms with E-state index >= 15 is 0 Å². The highest BCUT2D eigenvalue weighted by atomic mass is 16.5. The van der Waals surface area contributed by atoms with Crippen molar-refractivity contribution in [3.8, 4) is 0 Å². The highest BCUT2D eigenvalue weighted by molar-refractivity contribution is 4.86. The molecule has 0 spiro atoms. The number of hydrogen-bond donors (Lipinski definition) is 1. The molecule has 1 aliphatic rings. The number of nitrogens with one attached hydrogen (secondary N) is 1. The number of aromatic nitrogens is 3. The molecule has 0 amide bonds. The van der Waals surface area contributed by atoms with Gasteiger partial charge in [-0.1, -0.05) is 0 Å². The topological polar surface area (TPSA) is 52.0 Å². The smallest absolute Gasteiger partial charge is 0.164 e. The van der Waals surface area contributed by atoms with Crippen LogP contribution in [0.2, 0.25) is 0 Å². The summed E-state index contributed by atoms with van der Waals surface area (Å²) in [6.07, 6.45) is 4.06. The SMILES string of the molecule is CC(C)(C)NCc1ncn(C2CCCOC2)n1. The van der Waals surface area contributed by atoms with Crippen molar-refractivity contribution in [2.75, 3.05) is 13.2 Å². The second kappa shape index (κ2) is 5.14. The van der Waals surface area contributed by atoms with Gasteiger partial charge in [0, 0.05) is 12.1 Å². The van der Waals surface area contributed by atoms with E-state index in [2.05, 4.69) is 36.2 Å². The maximum Gasteiger partial charge on any atom is 0.164 e. The molecule has 1 aromatic rings. The fraction of sp³-hybridized carbons (Fsp3) is 0.833. The summed E-state index contributed by atoms with van der Waals surface area (Å²) in [6, 6.07) is 0.361. The normalized spacial score (nSPS) is 21.7. The van der Waals surface area contributed by atoms with Crippen molar-refractivity contribution in [3.63, 3.8) is 0 Å². The zero-order chi connectivity index (χ0) is 12.3. The molecule has 0 aliphatic carbocycles. The number of nitrogens with zero attached hydrogens (tertiary/aromatic N) is 3. The van der Waals surface area contributed by atoms with Crippen LogP contribution >= 0.6 is 0 Å². The van der Waals surface area contributed by atoms with Gasteiger partial charge in [0.15, 0.2) is 5.82 Å². The molecule has 0 bridgehead atoms. The monoisotopic (exact) mass is 238 g/mol. The fourth-order valence-electron chi connectivity index (χ4n) is 1.84. The van der Waals surface area contributed by atoms with Crippen LogP contribution in [0.15, 0.2) is 6.33 Å². The van der Waals surface area contributed by atoms with Gasteiger partial charge >= 0.3 is 0 Å². The van der Waals surface area contributed by atoms with Crippen molar-refractivity contribution in [2.24, 2.45) is 0 Å². The van der Waals surface area contributed by atoms with Crippen LogP contribution in [0.25, 0.3) is 0 Å². The van der Waals surface area contributed by atoms with Crippen LogP contribution in [0.3, 0.4) is 0 Å². The lowest BCUT2D eigenvalue weighted by atomic mass is 10.1. The Morgan fingerprint density at radius 3 is 3.00 bits per heavy atom. The highest BCUT2D eigenvalue weighted by Gasteiger charge is 2.17.